The van der Waals surface area contributed by atoms with Crippen molar-refractivity contribution in [2.45, 2.75) is 51.7 Å². The van der Waals surface area contributed by atoms with Crippen LogP contribution in [-0.4, -0.2) is 83.0 Å². The van der Waals surface area contributed by atoms with E-state index in [-0.39, 0.29) is 24.0 Å². The van der Waals surface area contributed by atoms with Gasteiger partial charge in [-0.3, -0.25) is 9.59 Å². The lowest BCUT2D eigenvalue weighted by Crippen LogP contribution is -2.01. The van der Waals surface area contributed by atoms with Gasteiger partial charge in [-0.05, 0) is 43.5 Å². The van der Waals surface area contributed by atoms with Crippen LogP contribution in [0.1, 0.15) is 66.2 Å². The average molecular weight is 518 g/mol. The van der Waals surface area contributed by atoms with Crippen molar-refractivity contribution < 1.29 is 69.6 Å². The first-order chi connectivity index (χ1) is 16.6. The topological polar surface area (TPSA) is 264 Å². The molecule has 0 amide bonds. The molecule has 0 aliphatic heterocycles. The van der Waals surface area contributed by atoms with Crippen molar-refractivity contribution in [3.8, 4) is 0 Å². The molecule has 202 valence electrons. The van der Waals surface area contributed by atoms with Crippen molar-refractivity contribution in [3.05, 3.63) is 47.5 Å². The summed E-state index contributed by atoms with van der Waals surface area (Å²) in [6.45, 7) is 1.90. The minimum absolute atomic E-state index is 0.0628. The van der Waals surface area contributed by atoms with Crippen molar-refractivity contribution in [3.63, 3.8) is 0 Å². The zero-order valence-electron chi connectivity index (χ0n) is 19.3. The Morgan fingerprint density at radius 2 is 0.972 bits per heavy atom. The van der Waals surface area contributed by atoms with E-state index in [1.54, 1.807) is 0 Å². The third-order valence-electron chi connectivity index (χ3n) is 3.33. The predicted octanol–water partition coefficient (Wildman–Crippen LogP) is 1.61. The molecule has 8 N–H and O–H groups in total. The summed E-state index contributed by atoms with van der Waals surface area (Å²) in [5, 5.41) is 65.0. The fourth-order valence-corrected chi connectivity index (χ4v) is 1.71. The number of hydrogen-bond acceptors (Lipinski definition) is 8. The predicted molar refractivity (Wildman–Crippen MR) is 122 cm³/mol. The molecule has 0 unspecified atom stereocenters. The minimum atomic E-state index is -1.26. The van der Waals surface area contributed by atoms with Gasteiger partial charge in [0, 0.05) is 25.0 Å². The van der Waals surface area contributed by atoms with Gasteiger partial charge in [-0.2, -0.15) is 0 Å². The number of aliphatic carboxylic acids is 4. The van der Waals surface area contributed by atoms with Crippen LogP contribution in [0.5, 0.6) is 0 Å². The molecule has 0 aliphatic rings. The van der Waals surface area contributed by atoms with Crippen LogP contribution in [0.3, 0.4) is 0 Å². The van der Waals surface area contributed by atoms with Gasteiger partial charge in [0.15, 0.2) is 6.29 Å². The van der Waals surface area contributed by atoms with Gasteiger partial charge in [0.2, 0.25) is 0 Å². The Bertz CT molecular complexity index is 791. The molecule has 14 heteroatoms. The molecule has 0 aromatic heterocycles. The van der Waals surface area contributed by atoms with Crippen LogP contribution in [0.4, 0.5) is 0 Å². The van der Waals surface area contributed by atoms with Gasteiger partial charge in [-0.25, -0.2) is 19.2 Å². The second-order valence-corrected chi connectivity index (χ2v) is 6.46. The quantitative estimate of drug-likeness (QED) is 0.117. The highest BCUT2D eigenvalue weighted by Crippen LogP contribution is 2.03. The van der Waals surface area contributed by atoms with E-state index in [1.165, 1.54) is 24.3 Å². The van der Waals surface area contributed by atoms with Crippen LogP contribution in [0.2, 0.25) is 0 Å². The maximum Gasteiger partial charge on any atom is 0.335 e. The molecule has 0 fully saturated rings. The van der Waals surface area contributed by atoms with Crippen molar-refractivity contribution in [1.82, 2.24) is 0 Å². The van der Waals surface area contributed by atoms with Crippen LogP contribution in [-0.2, 0) is 19.2 Å². The number of carboxylic acids is 6. The number of benzene rings is 1. The number of carbonyl (C=O) groups is 6. The molecule has 1 rings (SSSR count). The lowest BCUT2D eigenvalue weighted by molar-refractivity contribution is -0.139. The molecule has 0 bridgehead atoms. The van der Waals surface area contributed by atoms with Gasteiger partial charge < -0.3 is 40.9 Å². The Morgan fingerprint density at radius 1 is 0.667 bits per heavy atom. The average Bonchev–Trinajstić information content (AvgIpc) is 2.76. The van der Waals surface area contributed by atoms with E-state index in [9.17, 15) is 28.8 Å². The summed E-state index contributed by atoms with van der Waals surface area (Å²) in [4.78, 5) is 59.6. The number of aromatic carboxylic acids is 2. The van der Waals surface area contributed by atoms with E-state index in [1.807, 2.05) is 6.92 Å². The fraction of sp³-hybridized carbons (Fsp3) is 0.364. The van der Waals surface area contributed by atoms with E-state index in [4.69, 9.17) is 40.9 Å². The Kier molecular flexibility index (Phi) is 22.7. The van der Waals surface area contributed by atoms with Crippen LogP contribution in [0, 0.1) is 0 Å². The van der Waals surface area contributed by atoms with Crippen LogP contribution in [0.25, 0.3) is 0 Å². The SMILES string of the molecule is CCCC(O)O.O=C(O)/C=C\C(=O)O.O=C(O)CCCCC(=O)O.O=C(O)c1ccc(C(=O)O)cc1. The van der Waals surface area contributed by atoms with E-state index in [2.05, 4.69) is 0 Å². The second kappa shape index (κ2) is 22.5. The summed E-state index contributed by atoms with van der Waals surface area (Å²) in [6.07, 6.45) is 2.35. The Labute approximate surface area is 205 Å². The number of carboxylic acid groups (broad SMARTS) is 6. The standard InChI is InChI=1S/C8H6O4.C6H10O4.C4H4O4.C4H10O2/c9-7(10)5-1-2-6(4-3-5)8(11)12;7-5(8)3-1-2-4-6(9)10;5-3(6)1-2-4(7)8;1-2-3-4(5)6/h1-4H,(H,9,10)(H,11,12);1-4H2,(H,7,8)(H,9,10);1-2H,(H,5,6)(H,7,8);4-6H,2-3H2,1H3/b;;2-1-;. The molecule has 1 aromatic carbocycles. The summed E-state index contributed by atoms with van der Waals surface area (Å²) in [7, 11) is 0. The normalized spacial score (nSPS) is 9.44. The highest BCUT2D eigenvalue weighted by molar-refractivity contribution is 5.91. The van der Waals surface area contributed by atoms with E-state index >= 15 is 0 Å². The van der Waals surface area contributed by atoms with Gasteiger partial charge >= 0.3 is 35.8 Å². The lowest BCUT2D eigenvalue weighted by atomic mass is 10.1. The lowest BCUT2D eigenvalue weighted by Gasteiger charge is -1.94. The van der Waals surface area contributed by atoms with Gasteiger partial charge in [0.05, 0.1) is 11.1 Å². The molecule has 0 spiro atoms. The molecule has 14 nitrogen and oxygen atoms in total. The molecular formula is C22H30O14. The summed E-state index contributed by atoms with van der Waals surface area (Å²) in [5.74, 6) is -6.38. The summed E-state index contributed by atoms with van der Waals surface area (Å²) in [6, 6.07) is 5.02. The molecule has 36 heavy (non-hydrogen) atoms. The van der Waals surface area contributed by atoms with Gasteiger partial charge in [0.1, 0.15) is 0 Å². The zero-order chi connectivity index (χ0) is 28.7. The number of aliphatic hydroxyl groups excluding tert-OH is 1. The number of rotatable bonds is 11. The number of unbranched alkanes of at least 4 members (excludes halogenated alkanes) is 1. The summed E-state index contributed by atoms with van der Waals surface area (Å²) < 4.78 is 0. The van der Waals surface area contributed by atoms with E-state index < -0.39 is 42.1 Å². The Morgan fingerprint density at radius 3 is 1.11 bits per heavy atom. The molecule has 0 aliphatic carbocycles. The molecular weight excluding hydrogens is 488 g/mol. The van der Waals surface area contributed by atoms with Crippen molar-refractivity contribution in [1.29, 1.82) is 0 Å². The third kappa shape index (κ3) is 29.7. The van der Waals surface area contributed by atoms with Gasteiger partial charge in [0.25, 0.3) is 0 Å². The summed E-state index contributed by atoms with van der Waals surface area (Å²) >= 11 is 0. The maximum atomic E-state index is 10.3. The van der Waals surface area contributed by atoms with E-state index in [0.717, 1.165) is 6.42 Å². The second-order valence-electron chi connectivity index (χ2n) is 6.46. The first kappa shape index (κ1) is 36.3. The minimum Gasteiger partial charge on any atom is -0.481 e. The van der Waals surface area contributed by atoms with Crippen molar-refractivity contribution in [2.24, 2.45) is 0 Å². The number of aliphatic hydroxyl groups is 2. The molecule has 0 heterocycles. The van der Waals surface area contributed by atoms with Crippen LogP contribution >= 0.6 is 0 Å². The molecule has 0 saturated heterocycles. The molecule has 0 saturated carbocycles. The highest BCUT2D eigenvalue weighted by Gasteiger charge is 2.05. The molecule has 0 atom stereocenters. The number of hydrogen-bond donors (Lipinski definition) is 8. The van der Waals surface area contributed by atoms with Crippen molar-refractivity contribution in [2.75, 3.05) is 0 Å². The molecule has 0 radical (unpaired) electrons. The smallest absolute Gasteiger partial charge is 0.335 e. The Balaban J connectivity index is -0.000000417. The van der Waals surface area contributed by atoms with Gasteiger partial charge in [-0.15, -0.1) is 0 Å². The first-order valence-corrected chi connectivity index (χ1v) is 10.1. The zero-order valence-corrected chi connectivity index (χ0v) is 19.3. The monoisotopic (exact) mass is 518 g/mol. The van der Waals surface area contributed by atoms with E-state index in [0.29, 0.717) is 31.4 Å². The highest BCUT2D eigenvalue weighted by atomic mass is 16.5. The first-order valence-electron chi connectivity index (χ1n) is 10.1. The summed E-state index contributed by atoms with van der Waals surface area (Å²) in [5.41, 5.74) is 0.167. The Hall–Kier alpha value is -4.30. The third-order valence-corrected chi connectivity index (χ3v) is 3.33. The van der Waals surface area contributed by atoms with Gasteiger partial charge in [-0.1, -0.05) is 13.3 Å². The van der Waals surface area contributed by atoms with Crippen LogP contribution < -0.4 is 0 Å². The van der Waals surface area contributed by atoms with Crippen LogP contribution in [0.15, 0.2) is 36.4 Å². The largest absolute Gasteiger partial charge is 0.481 e. The van der Waals surface area contributed by atoms with Crippen molar-refractivity contribution >= 4 is 35.8 Å². The fourth-order valence-electron chi connectivity index (χ4n) is 1.71. The maximum absolute atomic E-state index is 10.3. The molecule has 1 aromatic rings.